The monoisotopic (exact) mass is 205 g/mol. The summed E-state index contributed by atoms with van der Waals surface area (Å²) in [6.45, 7) is 2.70. The Balaban J connectivity index is 2.67. The number of aliphatic hydroxyl groups is 1. The van der Waals surface area contributed by atoms with Crippen LogP contribution in [0.15, 0.2) is 24.3 Å². The zero-order chi connectivity index (χ0) is 11.2. The molecule has 0 aliphatic carbocycles. The van der Waals surface area contributed by atoms with Crippen molar-refractivity contribution in [3.8, 4) is 0 Å². The first-order valence-corrected chi connectivity index (χ1v) is 4.63. The molecule has 78 valence electrons. The fourth-order valence-corrected chi connectivity index (χ4v) is 1.84. The molecule has 2 amide bonds. The van der Waals surface area contributed by atoms with Gasteiger partial charge in [0.05, 0.1) is 5.69 Å². The fourth-order valence-electron chi connectivity index (χ4n) is 1.84. The Morgan fingerprint density at radius 3 is 2.60 bits per heavy atom. The van der Waals surface area contributed by atoms with Crippen LogP contribution in [-0.4, -0.2) is 16.9 Å². The Labute approximate surface area is 87.1 Å². The minimum absolute atomic E-state index is 0.384. The molecule has 1 aromatic carbocycles. The standard InChI is InChI=1S/C11H11NO3/c1-7(13)12-9-6-4-3-5-8(9)11(2,15)10(12)14/h3-6,15H,1-2H3. The average molecular weight is 205 g/mol. The summed E-state index contributed by atoms with van der Waals surface area (Å²) >= 11 is 0. The molecule has 0 radical (unpaired) electrons. The molecule has 1 aliphatic heterocycles. The second-order valence-electron chi connectivity index (χ2n) is 3.75. The summed E-state index contributed by atoms with van der Waals surface area (Å²) < 4.78 is 0. The largest absolute Gasteiger partial charge is 0.375 e. The summed E-state index contributed by atoms with van der Waals surface area (Å²) in [6.07, 6.45) is 0. The summed E-state index contributed by atoms with van der Waals surface area (Å²) in [5.74, 6) is -0.971. The molecule has 4 nitrogen and oxygen atoms in total. The molecule has 4 heteroatoms. The minimum atomic E-state index is -1.59. The summed E-state index contributed by atoms with van der Waals surface area (Å²) in [5.41, 5.74) is -0.646. The number of para-hydroxylation sites is 1. The molecule has 1 atom stereocenters. The normalized spacial score (nSPS) is 24.2. The van der Waals surface area contributed by atoms with Crippen molar-refractivity contribution in [2.75, 3.05) is 4.90 Å². The molecular weight excluding hydrogens is 194 g/mol. The molecule has 15 heavy (non-hydrogen) atoms. The second-order valence-corrected chi connectivity index (χ2v) is 3.75. The molecular formula is C11H11NO3. The molecule has 1 aliphatic rings. The molecule has 1 aromatic rings. The molecule has 0 bridgehead atoms. The zero-order valence-corrected chi connectivity index (χ0v) is 8.52. The number of nitrogens with zero attached hydrogens (tertiary/aromatic N) is 1. The van der Waals surface area contributed by atoms with Crippen LogP contribution in [0.2, 0.25) is 0 Å². The predicted octanol–water partition coefficient (Wildman–Crippen LogP) is 0.787. The highest BCUT2D eigenvalue weighted by atomic mass is 16.3. The van der Waals surface area contributed by atoms with Gasteiger partial charge in [-0.05, 0) is 13.0 Å². The molecule has 1 heterocycles. The van der Waals surface area contributed by atoms with Gasteiger partial charge in [-0.15, -0.1) is 0 Å². The van der Waals surface area contributed by atoms with Gasteiger partial charge in [0, 0.05) is 12.5 Å². The van der Waals surface area contributed by atoms with Crippen LogP contribution in [0.3, 0.4) is 0 Å². The van der Waals surface area contributed by atoms with E-state index in [1.807, 2.05) is 0 Å². The van der Waals surface area contributed by atoms with Crippen molar-refractivity contribution in [1.29, 1.82) is 0 Å². The first-order valence-electron chi connectivity index (χ1n) is 4.63. The molecule has 1 N–H and O–H groups in total. The van der Waals surface area contributed by atoms with E-state index in [4.69, 9.17) is 0 Å². The molecule has 0 spiro atoms. The van der Waals surface area contributed by atoms with E-state index < -0.39 is 11.5 Å². The Hall–Kier alpha value is -1.68. The highest BCUT2D eigenvalue weighted by Crippen LogP contribution is 2.39. The molecule has 1 unspecified atom stereocenters. The lowest BCUT2D eigenvalue weighted by atomic mass is 9.98. The quantitative estimate of drug-likeness (QED) is 0.681. The number of hydrogen-bond donors (Lipinski definition) is 1. The first-order chi connectivity index (χ1) is 6.96. The van der Waals surface area contributed by atoms with Gasteiger partial charge in [-0.1, -0.05) is 18.2 Å². The maximum atomic E-state index is 11.8. The molecule has 2 rings (SSSR count). The van der Waals surface area contributed by atoms with Gasteiger partial charge in [0.15, 0.2) is 5.60 Å². The highest BCUT2D eigenvalue weighted by molar-refractivity contribution is 6.21. The summed E-state index contributed by atoms with van der Waals surface area (Å²) in [5, 5.41) is 9.99. The number of fused-ring (bicyclic) bond motifs is 1. The number of benzene rings is 1. The Morgan fingerprint density at radius 1 is 1.40 bits per heavy atom. The van der Waals surface area contributed by atoms with Crippen LogP contribution in [0.25, 0.3) is 0 Å². The van der Waals surface area contributed by atoms with Gasteiger partial charge in [-0.3, -0.25) is 9.59 Å². The third kappa shape index (κ3) is 1.18. The van der Waals surface area contributed by atoms with Crippen molar-refractivity contribution < 1.29 is 14.7 Å². The van der Waals surface area contributed by atoms with Crippen LogP contribution in [0.4, 0.5) is 5.69 Å². The van der Waals surface area contributed by atoms with E-state index in [1.165, 1.54) is 13.8 Å². The number of carbonyl (C=O) groups excluding carboxylic acids is 2. The van der Waals surface area contributed by atoms with Crippen molar-refractivity contribution in [3.63, 3.8) is 0 Å². The fraction of sp³-hybridized carbons (Fsp3) is 0.273. The Kier molecular flexibility index (Phi) is 1.91. The van der Waals surface area contributed by atoms with E-state index in [9.17, 15) is 14.7 Å². The van der Waals surface area contributed by atoms with Gasteiger partial charge < -0.3 is 5.11 Å². The molecule has 0 aromatic heterocycles. The number of hydrogen-bond acceptors (Lipinski definition) is 3. The predicted molar refractivity (Wildman–Crippen MR) is 54.2 cm³/mol. The maximum absolute atomic E-state index is 11.8. The average Bonchev–Trinajstić information content (AvgIpc) is 2.36. The summed E-state index contributed by atoms with van der Waals surface area (Å²) in [4.78, 5) is 24.1. The number of rotatable bonds is 0. The Morgan fingerprint density at radius 2 is 2.00 bits per heavy atom. The number of amides is 2. The Bertz CT molecular complexity index is 451. The van der Waals surface area contributed by atoms with Gasteiger partial charge in [-0.25, -0.2) is 4.90 Å². The summed E-state index contributed by atoms with van der Waals surface area (Å²) in [6, 6.07) is 6.75. The van der Waals surface area contributed by atoms with Crippen LogP contribution in [0.1, 0.15) is 19.4 Å². The number of carbonyl (C=O) groups is 2. The first kappa shape index (κ1) is 9.86. The van der Waals surface area contributed by atoms with Crippen molar-refractivity contribution in [2.24, 2.45) is 0 Å². The molecule has 0 saturated heterocycles. The second kappa shape index (κ2) is 2.90. The third-order valence-electron chi connectivity index (χ3n) is 2.60. The van der Waals surface area contributed by atoms with Gasteiger partial charge >= 0.3 is 0 Å². The van der Waals surface area contributed by atoms with Crippen molar-refractivity contribution in [3.05, 3.63) is 29.8 Å². The van der Waals surface area contributed by atoms with E-state index in [2.05, 4.69) is 0 Å². The van der Waals surface area contributed by atoms with E-state index in [0.717, 1.165) is 4.90 Å². The highest BCUT2D eigenvalue weighted by Gasteiger charge is 2.47. The SMILES string of the molecule is CC(=O)N1C(=O)C(C)(O)c2ccccc21. The minimum Gasteiger partial charge on any atom is -0.375 e. The van der Waals surface area contributed by atoms with Gasteiger partial charge in [0.1, 0.15) is 0 Å². The lowest BCUT2D eigenvalue weighted by molar-refractivity contribution is -0.137. The lowest BCUT2D eigenvalue weighted by Crippen LogP contribution is -2.40. The van der Waals surface area contributed by atoms with E-state index in [0.29, 0.717) is 11.3 Å². The van der Waals surface area contributed by atoms with Crippen LogP contribution in [-0.2, 0) is 15.2 Å². The van der Waals surface area contributed by atoms with Crippen LogP contribution in [0, 0.1) is 0 Å². The van der Waals surface area contributed by atoms with Crippen molar-refractivity contribution in [1.82, 2.24) is 0 Å². The number of imide groups is 1. The molecule has 0 saturated carbocycles. The molecule has 0 fully saturated rings. The maximum Gasteiger partial charge on any atom is 0.270 e. The van der Waals surface area contributed by atoms with E-state index >= 15 is 0 Å². The third-order valence-corrected chi connectivity index (χ3v) is 2.60. The number of anilines is 1. The van der Waals surface area contributed by atoms with Crippen LogP contribution < -0.4 is 4.90 Å². The van der Waals surface area contributed by atoms with Gasteiger partial charge in [0.25, 0.3) is 5.91 Å². The van der Waals surface area contributed by atoms with E-state index in [-0.39, 0.29) is 5.91 Å². The van der Waals surface area contributed by atoms with Gasteiger partial charge in [0.2, 0.25) is 5.91 Å². The smallest absolute Gasteiger partial charge is 0.270 e. The van der Waals surface area contributed by atoms with Crippen molar-refractivity contribution >= 4 is 17.5 Å². The summed E-state index contributed by atoms with van der Waals surface area (Å²) in [7, 11) is 0. The van der Waals surface area contributed by atoms with Crippen LogP contribution in [0.5, 0.6) is 0 Å². The van der Waals surface area contributed by atoms with E-state index in [1.54, 1.807) is 24.3 Å². The zero-order valence-electron chi connectivity index (χ0n) is 8.52. The van der Waals surface area contributed by atoms with Gasteiger partial charge in [-0.2, -0.15) is 0 Å². The lowest BCUT2D eigenvalue weighted by Gasteiger charge is -2.16. The van der Waals surface area contributed by atoms with Crippen LogP contribution >= 0.6 is 0 Å². The van der Waals surface area contributed by atoms with Crippen molar-refractivity contribution in [2.45, 2.75) is 19.4 Å². The topological polar surface area (TPSA) is 57.6 Å².